The van der Waals surface area contributed by atoms with Gasteiger partial charge in [0.15, 0.2) is 11.5 Å². The number of ether oxygens (including phenoxy) is 1. The van der Waals surface area contributed by atoms with Crippen LogP contribution in [0.25, 0.3) is 0 Å². The summed E-state index contributed by atoms with van der Waals surface area (Å²) in [4.78, 5) is 21.8. The van der Waals surface area contributed by atoms with E-state index in [1.165, 1.54) is 12.1 Å². The van der Waals surface area contributed by atoms with Gasteiger partial charge in [-0.1, -0.05) is 6.07 Å². The SMILES string of the molecule is N[C@@H](CCC(=O)OCCc1ccc(O)c(O)c1)C(=O)O. The summed E-state index contributed by atoms with van der Waals surface area (Å²) < 4.78 is 4.91. The van der Waals surface area contributed by atoms with Gasteiger partial charge < -0.3 is 25.8 Å². The number of aromatic hydroxyl groups is 2. The minimum absolute atomic E-state index is 0.0220. The number of hydrogen-bond donors (Lipinski definition) is 4. The van der Waals surface area contributed by atoms with Gasteiger partial charge in [0, 0.05) is 12.8 Å². The van der Waals surface area contributed by atoms with Crippen LogP contribution in [0.5, 0.6) is 11.5 Å². The molecule has 0 fully saturated rings. The summed E-state index contributed by atoms with van der Waals surface area (Å²) in [5.74, 6) is -2.13. The number of phenolic OH excluding ortho intramolecular Hbond substituents is 2. The van der Waals surface area contributed by atoms with Crippen molar-refractivity contribution in [3.8, 4) is 11.5 Å². The molecule has 0 radical (unpaired) electrons. The molecule has 1 aromatic rings. The van der Waals surface area contributed by atoms with Gasteiger partial charge in [-0.15, -0.1) is 0 Å². The smallest absolute Gasteiger partial charge is 0.320 e. The van der Waals surface area contributed by atoms with Gasteiger partial charge in [-0.25, -0.2) is 0 Å². The summed E-state index contributed by atoms with van der Waals surface area (Å²) in [6.07, 6.45) is 0.340. The molecule has 1 atom stereocenters. The van der Waals surface area contributed by atoms with Crippen molar-refractivity contribution in [1.29, 1.82) is 0 Å². The first-order valence-corrected chi connectivity index (χ1v) is 6.05. The number of benzene rings is 1. The third-order valence-electron chi connectivity index (χ3n) is 2.67. The first-order chi connectivity index (χ1) is 9.40. The van der Waals surface area contributed by atoms with Gasteiger partial charge in [0.05, 0.1) is 6.61 Å². The molecule has 0 aliphatic rings. The van der Waals surface area contributed by atoms with E-state index in [9.17, 15) is 14.7 Å². The molecule has 0 bridgehead atoms. The summed E-state index contributed by atoms with van der Waals surface area (Å²) >= 11 is 0. The predicted molar refractivity (Wildman–Crippen MR) is 69.3 cm³/mol. The topological polar surface area (TPSA) is 130 Å². The van der Waals surface area contributed by atoms with E-state index < -0.39 is 18.0 Å². The molecule has 0 aliphatic carbocycles. The summed E-state index contributed by atoms with van der Waals surface area (Å²) in [7, 11) is 0. The number of carboxylic acid groups (broad SMARTS) is 1. The Morgan fingerprint density at radius 2 is 1.95 bits per heavy atom. The Morgan fingerprint density at radius 1 is 1.25 bits per heavy atom. The number of carbonyl (C=O) groups is 2. The highest BCUT2D eigenvalue weighted by Gasteiger charge is 2.14. The summed E-state index contributed by atoms with van der Waals surface area (Å²) in [6.45, 7) is 0.103. The van der Waals surface area contributed by atoms with Crippen LogP contribution in [0.15, 0.2) is 18.2 Å². The van der Waals surface area contributed by atoms with Gasteiger partial charge in [0.2, 0.25) is 0 Å². The van der Waals surface area contributed by atoms with E-state index >= 15 is 0 Å². The van der Waals surface area contributed by atoms with E-state index in [4.69, 9.17) is 20.7 Å². The predicted octanol–water partition coefficient (Wildman–Crippen LogP) is 0.376. The third kappa shape index (κ3) is 5.15. The second kappa shape index (κ2) is 7.34. The molecule has 7 nitrogen and oxygen atoms in total. The molecule has 0 unspecified atom stereocenters. The molecule has 110 valence electrons. The molecule has 7 heteroatoms. The van der Waals surface area contributed by atoms with Crippen molar-refractivity contribution in [2.45, 2.75) is 25.3 Å². The summed E-state index contributed by atoms with van der Waals surface area (Å²) in [5, 5.41) is 27.0. The Labute approximate surface area is 115 Å². The Hall–Kier alpha value is -2.28. The average Bonchev–Trinajstić information content (AvgIpc) is 2.40. The molecular formula is C13H17NO6. The first kappa shape index (κ1) is 15.8. The van der Waals surface area contributed by atoms with Crippen LogP contribution in [-0.4, -0.2) is 39.9 Å². The van der Waals surface area contributed by atoms with Crippen molar-refractivity contribution in [3.05, 3.63) is 23.8 Å². The third-order valence-corrected chi connectivity index (χ3v) is 2.67. The number of carbonyl (C=O) groups excluding carboxylic acids is 1. The number of aliphatic carboxylic acids is 1. The standard InChI is InChI=1S/C13H17NO6/c14-9(13(18)19)2-4-12(17)20-6-5-8-1-3-10(15)11(16)7-8/h1,3,7,9,15-16H,2,4-6,14H2,(H,18,19)/t9-/m0/s1. The minimum atomic E-state index is -1.16. The lowest BCUT2D eigenvalue weighted by Crippen LogP contribution is -2.30. The Morgan fingerprint density at radius 3 is 2.55 bits per heavy atom. The number of esters is 1. The molecule has 1 aromatic carbocycles. The number of hydrogen-bond acceptors (Lipinski definition) is 6. The highest BCUT2D eigenvalue weighted by molar-refractivity contribution is 5.75. The second-order valence-electron chi connectivity index (χ2n) is 4.28. The highest BCUT2D eigenvalue weighted by Crippen LogP contribution is 2.24. The van der Waals surface area contributed by atoms with Crippen molar-refractivity contribution >= 4 is 11.9 Å². The highest BCUT2D eigenvalue weighted by atomic mass is 16.5. The van der Waals surface area contributed by atoms with Gasteiger partial charge >= 0.3 is 11.9 Å². The Balaban J connectivity index is 2.28. The zero-order chi connectivity index (χ0) is 15.1. The molecule has 0 aliphatic heterocycles. The fourth-order valence-corrected chi connectivity index (χ4v) is 1.48. The van der Waals surface area contributed by atoms with E-state index in [1.807, 2.05) is 0 Å². The van der Waals surface area contributed by atoms with Crippen LogP contribution in [0.3, 0.4) is 0 Å². The van der Waals surface area contributed by atoms with E-state index in [0.717, 1.165) is 0 Å². The number of phenols is 2. The minimum Gasteiger partial charge on any atom is -0.504 e. The molecular weight excluding hydrogens is 266 g/mol. The van der Waals surface area contributed by atoms with Crippen LogP contribution in [0.1, 0.15) is 18.4 Å². The fourth-order valence-electron chi connectivity index (χ4n) is 1.48. The van der Waals surface area contributed by atoms with E-state index in [1.54, 1.807) is 6.07 Å². The van der Waals surface area contributed by atoms with Crippen LogP contribution in [-0.2, 0) is 20.7 Å². The zero-order valence-corrected chi connectivity index (χ0v) is 10.8. The van der Waals surface area contributed by atoms with Crippen LogP contribution < -0.4 is 5.73 Å². The van der Waals surface area contributed by atoms with Crippen LogP contribution in [0, 0.1) is 0 Å². The maximum atomic E-state index is 11.3. The first-order valence-electron chi connectivity index (χ1n) is 6.05. The quantitative estimate of drug-likeness (QED) is 0.420. The van der Waals surface area contributed by atoms with Crippen LogP contribution in [0.4, 0.5) is 0 Å². The molecule has 0 saturated carbocycles. The molecule has 0 amide bonds. The van der Waals surface area contributed by atoms with Crippen molar-refractivity contribution in [2.75, 3.05) is 6.61 Å². The van der Waals surface area contributed by atoms with E-state index in [2.05, 4.69) is 0 Å². The van der Waals surface area contributed by atoms with Gasteiger partial charge in [-0.3, -0.25) is 9.59 Å². The molecule has 0 aromatic heterocycles. The lowest BCUT2D eigenvalue weighted by Gasteiger charge is -2.07. The Kier molecular flexibility index (Phi) is 5.79. The average molecular weight is 283 g/mol. The lowest BCUT2D eigenvalue weighted by molar-refractivity contribution is -0.144. The van der Waals surface area contributed by atoms with Crippen LogP contribution in [0.2, 0.25) is 0 Å². The Bertz CT molecular complexity index is 488. The molecule has 5 N–H and O–H groups in total. The monoisotopic (exact) mass is 283 g/mol. The normalized spacial score (nSPS) is 11.8. The van der Waals surface area contributed by atoms with Crippen molar-refractivity contribution in [3.63, 3.8) is 0 Å². The van der Waals surface area contributed by atoms with Gasteiger partial charge in [-0.2, -0.15) is 0 Å². The van der Waals surface area contributed by atoms with Crippen molar-refractivity contribution in [1.82, 2.24) is 0 Å². The van der Waals surface area contributed by atoms with Crippen molar-refractivity contribution in [2.24, 2.45) is 5.73 Å². The summed E-state index contributed by atoms with van der Waals surface area (Å²) in [6, 6.07) is 3.25. The van der Waals surface area contributed by atoms with Gasteiger partial charge in [0.1, 0.15) is 6.04 Å². The van der Waals surface area contributed by atoms with E-state index in [0.29, 0.717) is 12.0 Å². The largest absolute Gasteiger partial charge is 0.504 e. The van der Waals surface area contributed by atoms with Crippen LogP contribution >= 0.6 is 0 Å². The second-order valence-corrected chi connectivity index (χ2v) is 4.28. The molecule has 1 rings (SSSR count). The summed E-state index contributed by atoms with van der Waals surface area (Å²) in [5.41, 5.74) is 5.96. The molecule has 0 saturated heterocycles. The fraction of sp³-hybridized carbons (Fsp3) is 0.385. The number of nitrogens with two attached hydrogens (primary N) is 1. The van der Waals surface area contributed by atoms with Gasteiger partial charge in [0.25, 0.3) is 0 Å². The van der Waals surface area contributed by atoms with E-state index in [-0.39, 0.29) is 30.9 Å². The molecule has 0 spiro atoms. The number of carboxylic acids is 1. The zero-order valence-electron chi connectivity index (χ0n) is 10.8. The van der Waals surface area contributed by atoms with Gasteiger partial charge in [-0.05, 0) is 24.1 Å². The lowest BCUT2D eigenvalue weighted by atomic mass is 10.1. The van der Waals surface area contributed by atoms with Crippen molar-refractivity contribution < 1.29 is 29.6 Å². The molecule has 20 heavy (non-hydrogen) atoms. The maximum absolute atomic E-state index is 11.3. The number of rotatable bonds is 7. The molecule has 0 heterocycles. The maximum Gasteiger partial charge on any atom is 0.320 e.